The first kappa shape index (κ1) is 21.3. The van der Waals surface area contributed by atoms with Gasteiger partial charge < -0.3 is 10.2 Å². The summed E-state index contributed by atoms with van der Waals surface area (Å²) in [6, 6.07) is 16.6. The van der Waals surface area contributed by atoms with Crippen LogP contribution in [0, 0.1) is 0 Å². The van der Waals surface area contributed by atoms with Crippen LogP contribution in [0.3, 0.4) is 0 Å². The quantitative estimate of drug-likeness (QED) is 0.251. The molecule has 6 nitrogen and oxygen atoms in total. The summed E-state index contributed by atoms with van der Waals surface area (Å²) >= 11 is 0. The van der Waals surface area contributed by atoms with Crippen molar-refractivity contribution in [1.82, 2.24) is 24.8 Å². The highest BCUT2D eigenvalue weighted by molar-refractivity contribution is 14.0. The molecule has 0 radical (unpaired) electrons. The monoisotopic (exact) mass is 502 g/mol. The molecule has 0 saturated carbocycles. The number of rotatable bonds is 5. The van der Waals surface area contributed by atoms with Gasteiger partial charge in [0.25, 0.3) is 0 Å². The Morgan fingerprint density at radius 2 is 1.93 bits per heavy atom. The van der Waals surface area contributed by atoms with Gasteiger partial charge in [0, 0.05) is 39.3 Å². The van der Waals surface area contributed by atoms with E-state index in [1.807, 2.05) is 31.4 Å². The number of halogens is 1. The SMILES string of the molecule is CN=C(NCCCc1nnc2ccccn12)N1CC=C(c2ccccc2)CC1.I. The summed E-state index contributed by atoms with van der Waals surface area (Å²) < 4.78 is 2.05. The molecule has 152 valence electrons. The average molecular weight is 502 g/mol. The molecule has 3 heterocycles. The number of benzene rings is 1. The summed E-state index contributed by atoms with van der Waals surface area (Å²) in [6.07, 6.45) is 7.23. The minimum atomic E-state index is 0. The van der Waals surface area contributed by atoms with E-state index in [2.05, 4.69) is 66.2 Å². The molecule has 0 aliphatic carbocycles. The van der Waals surface area contributed by atoms with Crippen molar-refractivity contribution < 1.29 is 0 Å². The lowest BCUT2D eigenvalue weighted by molar-refractivity contribution is 0.439. The molecule has 3 aromatic rings. The zero-order valence-electron chi connectivity index (χ0n) is 16.7. The number of fused-ring (bicyclic) bond motifs is 1. The molecule has 1 N–H and O–H groups in total. The highest BCUT2D eigenvalue weighted by Gasteiger charge is 2.16. The molecule has 1 aliphatic rings. The van der Waals surface area contributed by atoms with Gasteiger partial charge >= 0.3 is 0 Å². The van der Waals surface area contributed by atoms with Crippen LogP contribution in [0.4, 0.5) is 0 Å². The summed E-state index contributed by atoms with van der Waals surface area (Å²) in [4.78, 5) is 6.77. The maximum atomic E-state index is 4.46. The number of hydrogen-bond donors (Lipinski definition) is 1. The van der Waals surface area contributed by atoms with Gasteiger partial charge in [0.2, 0.25) is 0 Å². The van der Waals surface area contributed by atoms with Crippen molar-refractivity contribution in [2.75, 3.05) is 26.7 Å². The first-order valence-electron chi connectivity index (χ1n) is 9.84. The van der Waals surface area contributed by atoms with Gasteiger partial charge in [0.15, 0.2) is 11.6 Å². The Bertz CT molecular complexity index is 979. The topological polar surface area (TPSA) is 57.8 Å². The second-order valence-electron chi connectivity index (χ2n) is 6.91. The van der Waals surface area contributed by atoms with Crippen molar-refractivity contribution in [2.24, 2.45) is 4.99 Å². The number of nitrogens with zero attached hydrogens (tertiary/aromatic N) is 5. The van der Waals surface area contributed by atoms with Gasteiger partial charge in [-0.1, -0.05) is 42.5 Å². The number of pyridine rings is 1. The second-order valence-corrected chi connectivity index (χ2v) is 6.91. The van der Waals surface area contributed by atoms with Crippen molar-refractivity contribution in [2.45, 2.75) is 19.3 Å². The lowest BCUT2D eigenvalue weighted by Gasteiger charge is -2.29. The van der Waals surface area contributed by atoms with Crippen molar-refractivity contribution in [1.29, 1.82) is 0 Å². The summed E-state index contributed by atoms with van der Waals surface area (Å²) in [7, 11) is 1.85. The largest absolute Gasteiger partial charge is 0.356 e. The third-order valence-electron chi connectivity index (χ3n) is 5.11. The highest BCUT2D eigenvalue weighted by Crippen LogP contribution is 2.21. The maximum Gasteiger partial charge on any atom is 0.193 e. The van der Waals surface area contributed by atoms with E-state index in [9.17, 15) is 0 Å². The predicted molar refractivity (Wildman–Crippen MR) is 129 cm³/mol. The van der Waals surface area contributed by atoms with Crippen LogP contribution in [0.1, 0.15) is 24.2 Å². The van der Waals surface area contributed by atoms with Gasteiger partial charge in [-0.25, -0.2) is 0 Å². The fourth-order valence-electron chi connectivity index (χ4n) is 3.62. The van der Waals surface area contributed by atoms with Crippen LogP contribution in [-0.4, -0.2) is 52.1 Å². The van der Waals surface area contributed by atoms with Gasteiger partial charge in [-0.05, 0) is 36.1 Å². The van der Waals surface area contributed by atoms with E-state index < -0.39 is 0 Å². The fraction of sp³-hybridized carbons (Fsp3) is 0.318. The molecular formula is C22H27IN6. The Labute approximate surface area is 188 Å². The maximum absolute atomic E-state index is 4.46. The van der Waals surface area contributed by atoms with Gasteiger partial charge in [0.1, 0.15) is 5.82 Å². The van der Waals surface area contributed by atoms with Crippen molar-refractivity contribution in [3.05, 3.63) is 72.2 Å². The molecule has 1 aromatic carbocycles. The molecule has 29 heavy (non-hydrogen) atoms. The van der Waals surface area contributed by atoms with E-state index in [4.69, 9.17) is 0 Å². The molecule has 0 fully saturated rings. The van der Waals surface area contributed by atoms with Crippen LogP contribution in [0.25, 0.3) is 11.2 Å². The van der Waals surface area contributed by atoms with E-state index in [0.717, 1.165) is 56.3 Å². The Morgan fingerprint density at radius 1 is 1.10 bits per heavy atom. The van der Waals surface area contributed by atoms with Crippen LogP contribution in [0.2, 0.25) is 0 Å². The third-order valence-corrected chi connectivity index (χ3v) is 5.11. The zero-order chi connectivity index (χ0) is 19.2. The Kier molecular flexibility index (Phi) is 7.62. The molecule has 4 rings (SSSR count). The number of aliphatic imine (C=N–C) groups is 1. The van der Waals surface area contributed by atoms with Crippen molar-refractivity contribution >= 4 is 41.2 Å². The van der Waals surface area contributed by atoms with E-state index in [0.29, 0.717) is 0 Å². The van der Waals surface area contributed by atoms with Crippen LogP contribution in [0.15, 0.2) is 65.8 Å². The normalized spacial score (nSPS) is 14.4. The molecule has 0 atom stereocenters. The van der Waals surface area contributed by atoms with E-state index in [1.54, 1.807) is 0 Å². The van der Waals surface area contributed by atoms with Crippen LogP contribution < -0.4 is 5.32 Å². The van der Waals surface area contributed by atoms with Gasteiger partial charge in [-0.3, -0.25) is 9.39 Å². The molecule has 0 bridgehead atoms. The van der Waals surface area contributed by atoms with Crippen LogP contribution in [0.5, 0.6) is 0 Å². The van der Waals surface area contributed by atoms with Gasteiger partial charge in [0.05, 0.1) is 0 Å². The number of nitrogens with one attached hydrogen (secondary N) is 1. The minimum Gasteiger partial charge on any atom is -0.356 e. The van der Waals surface area contributed by atoms with E-state index in [1.165, 1.54) is 11.1 Å². The summed E-state index contributed by atoms with van der Waals surface area (Å²) in [5, 5.41) is 12.0. The molecule has 1 aliphatic heterocycles. The van der Waals surface area contributed by atoms with Crippen molar-refractivity contribution in [3.63, 3.8) is 0 Å². The molecule has 2 aromatic heterocycles. The van der Waals surface area contributed by atoms with Crippen molar-refractivity contribution in [3.8, 4) is 0 Å². The molecule has 7 heteroatoms. The molecule has 0 spiro atoms. The number of aryl methyl sites for hydroxylation is 1. The minimum absolute atomic E-state index is 0. The summed E-state index contributed by atoms with van der Waals surface area (Å²) in [6.45, 7) is 2.73. The Hall–Kier alpha value is -2.42. The standard InChI is InChI=1S/C22H26N6.HI/c1-23-22(27-16-12-19(13-17-27)18-8-3-2-4-9-18)24-14-7-11-21-26-25-20-10-5-6-15-28(20)21;/h2-6,8-10,12,15H,7,11,13-14,16-17H2,1H3,(H,23,24);1H. The molecule has 0 amide bonds. The second kappa shape index (κ2) is 10.4. The fourth-order valence-corrected chi connectivity index (χ4v) is 3.62. The molecule has 0 saturated heterocycles. The summed E-state index contributed by atoms with van der Waals surface area (Å²) in [5.41, 5.74) is 3.65. The van der Waals surface area contributed by atoms with Gasteiger partial charge in [-0.15, -0.1) is 34.2 Å². The zero-order valence-corrected chi connectivity index (χ0v) is 19.0. The summed E-state index contributed by atoms with van der Waals surface area (Å²) in [5.74, 6) is 1.97. The van der Waals surface area contributed by atoms with E-state index >= 15 is 0 Å². The third kappa shape index (κ3) is 5.14. The van der Waals surface area contributed by atoms with Crippen LogP contribution >= 0.6 is 24.0 Å². The van der Waals surface area contributed by atoms with Gasteiger partial charge in [-0.2, -0.15) is 0 Å². The smallest absolute Gasteiger partial charge is 0.193 e. The average Bonchev–Trinajstić information content (AvgIpc) is 3.18. The lowest BCUT2D eigenvalue weighted by Crippen LogP contribution is -2.43. The molecular weight excluding hydrogens is 475 g/mol. The Balaban J connectivity index is 0.00000240. The first-order chi connectivity index (χ1) is 13.8. The predicted octanol–water partition coefficient (Wildman–Crippen LogP) is 3.64. The molecule has 0 unspecified atom stereocenters. The number of hydrogen-bond acceptors (Lipinski definition) is 3. The highest BCUT2D eigenvalue weighted by atomic mass is 127. The van der Waals surface area contributed by atoms with Crippen LogP contribution in [-0.2, 0) is 6.42 Å². The first-order valence-corrected chi connectivity index (χ1v) is 9.84. The Morgan fingerprint density at radius 3 is 2.69 bits per heavy atom. The number of guanidine groups is 1. The lowest BCUT2D eigenvalue weighted by atomic mass is 10.00. The van der Waals surface area contributed by atoms with E-state index in [-0.39, 0.29) is 24.0 Å². The number of aromatic nitrogens is 3.